The van der Waals surface area contributed by atoms with E-state index < -0.39 is 0 Å². The first-order valence-corrected chi connectivity index (χ1v) is 9.28. The molecule has 1 heterocycles. The highest BCUT2D eigenvalue weighted by Crippen LogP contribution is 2.35. The second-order valence-electron chi connectivity index (χ2n) is 6.18. The molecule has 1 aromatic carbocycles. The standard InChI is InChI=1S/C15H20Br2N2S/c1-9-7-10(16)13(11(17)8-9)19-14-18-12(5-6-20-14)15(2,3)4/h7-8,12H,5-6H2,1-4H3,(H,18,19). The Morgan fingerprint density at radius 1 is 1.25 bits per heavy atom. The maximum Gasteiger partial charge on any atom is 0.161 e. The third-order valence-electron chi connectivity index (χ3n) is 3.32. The van der Waals surface area contributed by atoms with Crippen molar-refractivity contribution in [2.24, 2.45) is 10.4 Å². The van der Waals surface area contributed by atoms with Crippen LogP contribution in [0.3, 0.4) is 0 Å². The Morgan fingerprint density at radius 3 is 2.40 bits per heavy atom. The third-order valence-corrected chi connectivity index (χ3v) is 5.49. The number of anilines is 1. The van der Waals surface area contributed by atoms with Gasteiger partial charge in [-0.05, 0) is 68.3 Å². The highest BCUT2D eigenvalue weighted by Gasteiger charge is 2.27. The first kappa shape index (κ1) is 16.4. The van der Waals surface area contributed by atoms with Gasteiger partial charge in [-0.2, -0.15) is 0 Å². The summed E-state index contributed by atoms with van der Waals surface area (Å²) >= 11 is 9.04. The van der Waals surface area contributed by atoms with E-state index >= 15 is 0 Å². The van der Waals surface area contributed by atoms with Crippen molar-refractivity contribution in [1.82, 2.24) is 0 Å². The number of aryl methyl sites for hydroxylation is 1. The van der Waals surface area contributed by atoms with Crippen LogP contribution >= 0.6 is 43.6 Å². The lowest BCUT2D eigenvalue weighted by Gasteiger charge is -2.31. The summed E-state index contributed by atoms with van der Waals surface area (Å²) in [5.41, 5.74) is 2.49. The molecule has 1 unspecified atom stereocenters. The van der Waals surface area contributed by atoms with Crippen LogP contribution in [-0.4, -0.2) is 17.0 Å². The molecule has 5 heteroatoms. The molecule has 1 atom stereocenters. The molecule has 0 saturated carbocycles. The van der Waals surface area contributed by atoms with E-state index in [2.05, 4.69) is 77.0 Å². The Hall–Kier alpha value is -0.000000000000000111. The highest BCUT2D eigenvalue weighted by molar-refractivity contribution is 9.11. The monoisotopic (exact) mass is 418 g/mol. The topological polar surface area (TPSA) is 24.4 Å². The Bertz CT molecular complexity index is 512. The second kappa shape index (κ2) is 6.41. The van der Waals surface area contributed by atoms with Gasteiger partial charge in [0.25, 0.3) is 0 Å². The maximum atomic E-state index is 4.88. The van der Waals surface area contributed by atoms with Gasteiger partial charge < -0.3 is 5.32 Å². The van der Waals surface area contributed by atoms with Crippen LogP contribution in [0.25, 0.3) is 0 Å². The van der Waals surface area contributed by atoms with E-state index in [1.54, 1.807) is 11.8 Å². The van der Waals surface area contributed by atoms with Crippen LogP contribution in [0.1, 0.15) is 32.8 Å². The number of nitrogens with zero attached hydrogens (tertiary/aromatic N) is 1. The van der Waals surface area contributed by atoms with Crippen LogP contribution in [0, 0.1) is 12.3 Å². The van der Waals surface area contributed by atoms with Gasteiger partial charge in [0.15, 0.2) is 5.17 Å². The fourth-order valence-corrected chi connectivity index (χ4v) is 4.66. The minimum absolute atomic E-state index is 0.218. The van der Waals surface area contributed by atoms with Crippen LogP contribution in [0.4, 0.5) is 5.69 Å². The van der Waals surface area contributed by atoms with Crippen molar-refractivity contribution in [2.45, 2.75) is 40.2 Å². The van der Waals surface area contributed by atoms with Crippen LogP contribution in [-0.2, 0) is 0 Å². The van der Waals surface area contributed by atoms with Gasteiger partial charge >= 0.3 is 0 Å². The number of thioether (sulfide) groups is 1. The SMILES string of the molecule is Cc1cc(Br)c(NC2=NC(C(C)(C)C)CCS2)c(Br)c1. The number of halogens is 2. The summed E-state index contributed by atoms with van der Waals surface area (Å²) in [6.45, 7) is 8.85. The van der Waals surface area contributed by atoms with Gasteiger partial charge in [-0.25, -0.2) is 0 Å². The van der Waals surface area contributed by atoms with Crippen molar-refractivity contribution >= 4 is 54.5 Å². The Balaban J connectivity index is 2.24. The van der Waals surface area contributed by atoms with E-state index in [4.69, 9.17) is 4.99 Å². The van der Waals surface area contributed by atoms with Gasteiger partial charge in [-0.1, -0.05) is 32.5 Å². The molecule has 0 aromatic heterocycles. The third kappa shape index (κ3) is 4.01. The molecule has 110 valence electrons. The molecule has 2 rings (SSSR count). The van der Waals surface area contributed by atoms with Crippen LogP contribution in [0.5, 0.6) is 0 Å². The van der Waals surface area contributed by atoms with E-state index in [9.17, 15) is 0 Å². The quantitative estimate of drug-likeness (QED) is 0.618. The lowest BCUT2D eigenvalue weighted by atomic mass is 9.85. The van der Waals surface area contributed by atoms with Gasteiger partial charge in [-0.3, -0.25) is 4.99 Å². The first-order chi connectivity index (χ1) is 9.27. The summed E-state index contributed by atoms with van der Waals surface area (Å²) in [5, 5.41) is 4.48. The molecule has 1 aliphatic rings. The molecule has 0 amide bonds. The molecule has 20 heavy (non-hydrogen) atoms. The van der Waals surface area contributed by atoms with Gasteiger partial charge in [0, 0.05) is 14.7 Å². The minimum atomic E-state index is 0.218. The molecule has 1 aromatic rings. The number of rotatable bonds is 1. The summed E-state index contributed by atoms with van der Waals surface area (Å²) in [7, 11) is 0. The molecular weight excluding hydrogens is 400 g/mol. The zero-order valence-corrected chi connectivity index (χ0v) is 16.2. The molecule has 2 nitrogen and oxygen atoms in total. The average Bonchev–Trinajstić information content (AvgIpc) is 2.33. The largest absolute Gasteiger partial charge is 0.333 e. The predicted octanol–water partition coefficient (Wildman–Crippen LogP) is 5.84. The van der Waals surface area contributed by atoms with Gasteiger partial charge in [0.1, 0.15) is 0 Å². The minimum Gasteiger partial charge on any atom is -0.333 e. The Kier molecular flexibility index (Phi) is 5.24. The van der Waals surface area contributed by atoms with E-state index in [1.165, 1.54) is 5.56 Å². The van der Waals surface area contributed by atoms with E-state index in [1.807, 2.05) is 0 Å². The number of hydrogen-bond donors (Lipinski definition) is 1. The van der Waals surface area contributed by atoms with Crippen molar-refractivity contribution in [1.29, 1.82) is 0 Å². The molecule has 1 N–H and O–H groups in total. The second-order valence-corrected chi connectivity index (χ2v) is 8.97. The summed E-state index contributed by atoms with van der Waals surface area (Å²) < 4.78 is 2.12. The molecule has 1 aliphatic heterocycles. The van der Waals surface area contributed by atoms with Crippen molar-refractivity contribution in [3.63, 3.8) is 0 Å². The molecule has 0 aliphatic carbocycles. The lowest BCUT2D eigenvalue weighted by Crippen LogP contribution is -2.30. The normalized spacial score (nSPS) is 19.7. The fraction of sp³-hybridized carbons (Fsp3) is 0.533. The van der Waals surface area contributed by atoms with Gasteiger partial charge in [0.05, 0.1) is 11.7 Å². The summed E-state index contributed by atoms with van der Waals surface area (Å²) in [6.07, 6.45) is 1.15. The van der Waals surface area contributed by atoms with Crippen molar-refractivity contribution in [3.8, 4) is 0 Å². The molecule has 0 radical (unpaired) electrons. The van der Waals surface area contributed by atoms with Crippen molar-refractivity contribution in [3.05, 3.63) is 26.6 Å². The predicted molar refractivity (Wildman–Crippen MR) is 98.0 cm³/mol. The van der Waals surface area contributed by atoms with Gasteiger partial charge in [-0.15, -0.1) is 0 Å². The summed E-state index contributed by atoms with van der Waals surface area (Å²) in [4.78, 5) is 4.88. The van der Waals surface area contributed by atoms with Crippen LogP contribution in [0.2, 0.25) is 0 Å². The first-order valence-electron chi connectivity index (χ1n) is 6.70. The Morgan fingerprint density at radius 2 is 1.85 bits per heavy atom. The van der Waals surface area contributed by atoms with Crippen LogP contribution < -0.4 is 5.32 Å². The zero-order valence-electron chi connectivity index (χ0n) is 12.3. The van der Waals surface area contributed by atoms with Gasteiger partial charge in [0.2, 0.25) is 0 Å². The number of amidine groups is 1. The summed E-state index contributed by atoms with van der Waals surface area (Å²) in [5.74, 6) is 1.12. The zero-order chi connectivity index (χ0) is 14.9. The fourth-order valence-electron chi connectivity index (χ4n) is 2.13. The smallest absolute Gasteiger partial charge is 0.161 e. The average molecular weight is 420 g/mol. The lowest BCUT2D eigenvalue weighted by molar-refractivity contribution is 0.316. The van der Waals surface area contributed by atoms with E-state index in [-0.39, 0.29) is 5.41 Å². The van der Waals surface area contributed by atoms with Crippen molar-refractivity contribution < 1.29 is 0 Å². The Labute approximate surface area is 142 Å². The summed E-state index contributed by atoms with van der Waals surface area (Å²) in [6, 6.07) is 4.61. The molecular formula is C15H20Br2N2S. The van der Waals surface area contributed by atoms with E-state index in [0.29, 0.717) is 6.04 Å². The number of nitrogens with one attached hydrogen (secondary N) is 1. The number of aliphatic imine (C=N–C) groups is 1. The molecule has 0 fully saturated rings. The van der Waals surface area contributed by atoms with Crippen molar-refractivity contribution in [2.75, 3.05) is 11.1 Å². The number of benzene rings is 1. The maximum absolute atomic E-state index is 4.88. The number of hydrogen-bond acceptors (Lipinski definition) is 3. The molecule has 0 spiro atoms. The van der Waals surface area contributed by atoms with E-state index in [0.717, 1.165) is 32.0 Å². The molecule has 0 saturated heterocycles. The molecule has 0 bridgehead atoms. The van der Waals surface area contributed by atoms with Crippen LogP contribution in [0.15, 0.2) is 26.1 Å². The highest BCUT2D eigenvalue weighted by atomic mass is 79.9.